The van der Waals surface area contributed by atoms with Crippen LogP contribution in [0.25, 0.3) is 0 Å². The standard InChI is InChI=1S/C11H23N5O/c1-2-5-14-11(13)15-9-3-6-16(7-4-9)8-10(12)17/h9H,2-8H2,1H3,(H2,12,17)(H3,13,14,15). The maximum absolute atomic E-state index is 10.8. The highest BCUT2D eigenvalue weighted by atomic mass is 16.1. The SMILES string of the molecule is CCCN=C(N)NC1CCN(CC(N)=O)CC1. The molecular formula is C11H23N5O. The number of nitrogens with two attached hydrogens (primary N) is 2. The summed E-state index contributed by atoms with van der Waals surface area (Å²) in [6, 6.07) is 0.361. The molecule has 0 aromatic rings. The summed E-state index contributed by atoms with van der Waals surface area (Å²) in [7, 11) is 0. The molecule has 1 saturated heterocycles. The maximum atomic E-state index is 10.8. The van der Waals surface area contributed by atoms with E-state index in [1.165, 1.54) is 0 Å². The van der Waals surface area contributed by atoms with E-state index < -0.39 is 0 Å². The Kier molecular flexibility index (Phi) is 5.76. The Hall–Kier alpha value is -1.30. The van der Waals surface area contributed by atoms with E-state index in [-0.39, 0.29) is 5.91 Å². The lowest BCUT2D eigenvalue weighted by atomic mass is 10.1. The molecular weight excluding hydrogens is 218 g/mol. The highest BCUT2D eigenvalue weighted by Crippen LogP contribution is 2.09. The van der Waals surface area contributed by atoms with E-state index in [0.717, 1.165) is 38.9 Å². The lowest BCUT2D eigenvalue weighted by Gasteiger charge is -2.31. The van der Waals surface area contributed by atoms with Gasteiger partial charge in [-0.1, -0.05) is 6.92 Å². The molecule has 17 heavy (non-hydrogen) atoms. The van der Waals surface area contributed by atoms with Crippen molar-refractivity contribution >= 4 is 11.9 Å². The van der Waals surface area contributed by atoms with Crippen molar-refractivity contribution < 1.29 is 4.79 Å². The van der Waals surface area contributed by atoms with Crippen LogP contribution in [0.15, 0.2) is 4.99 Å². The minimum atomic E-state index is -0.263. The first-order chi connectivity index (χ1) is 8.11. The first-order valence-corrected chi connectivity index (χ1v) is 6.19. The van der Waals surface area contributed by atoms with Crippen molar-refractivity contribution in [1.82, 2.24) is 10.2 Å². The van der Waals surface area contributed by atoms with Gasteiger partial charge in [-0.25, -0.2) is 0 Å². The first-order valence-electron chi connectivity index (χ1n) is 6.19. The van der Waals surface area contributed by atoms with Crippen molar-refractivity contribution in [3.8, 4) is 0 Å². The molecule has 0 aromatic heterocycles. The molecule has 1 heterocycles. The lowest BCUT2D eigenvalue weighted by Crippen LogP contribution is -2.48. The summed E-state index contributed by atoms with van der Waals surface area (Å²) in [5.74, 6) is 0.264. The zero-order chi connectivity index (χ0) is 12.7. The number of carbonyl (C=O) groups excluding carboxylic acids is 1. The molecule has 6 nitrogen and oxygen atoms in total. The smallest absolute Gasteiger partial charge is 0.231 e. The third-order valence-electron chi connectivity index (χ3n) is 2.82. The number of guanidine groups is 1. The molecule has 5 N–H and O–H groups in total. The zero-order valence-corrected chi connectivity index (χ0v) is 10.5. The van der Waals surface area contributed by atoms with Gasteiger partial charge in [0.05, 0.1) is 6.54 Å². The molecule has 1 amide bonds. The van der Waals surface area contributed by atoms with Crippen LogP contribution in [0.5, 0.6) is 0 Å². The van der Waals surface area contributed by atoms with Crippen LogP contribution < -0.4 is 16.8 Å². The van der Waals surface area contributed by atoms with Gasteiger partial charge in [0, 0.05) is 25.7 Å². The molecule has 0 saturated carbocycles. The Morgan fingerprint density at radius 2 is 2.06 bits per heavy atom. The third-order valence-corrected chi connectivity index (χ3v) is 2.82. The highest BCUT2D eigenvalue weighted by molar-refractivity contribution is 5.78. The molecule has 0 bridgehead atoms. The summed E-state index contributed by atoms with van der Waals surface area (Å²) in [6.07, 6.45) is 2.94. The van der Waals surface area contributed by atoms with E-state index in [1.807, 2.05) is 0 Å². The summed E-state index contributed by atoms with van der Waals surface area (Å²) >= 11 is 0. The van der Waals surface area contributed by atoms with Crippen LogP contribution in [0, 0.1) is 0 Å². The molecule has 1 aliphatic rings. The van der Waals surface area contributed by atoms with Crippen LogP contribution in [-0.4, -0.2) is 49.0 Å². The van der Waals surface area contributed by atoms with Gasteiger partial charge in [0.15, 0.2) is 5.96 Å². The Balaban J connectivity index is 2.25. The van der Waals surface area contributed by atoms with Crippen molar-refractivity contribution in [3.63, 3.8) is 0 Å². The quantitative estimate of drug-likeness (QED) is 0.436. The number of nitrogens with zero attached hydrogens (tertiary/aromatic N) is 2. The van der Waals surface area contributed by atoms with E-state index in [4.69, 9.17) is 11.5 Å². The number of rotatable bonds is 5. The van der Waals surface area contributed by atoms with Crippen molar-refractivity contribution in [2.24, 2.45) is 16.5 Å². The summed E-state index contributed by atoms with van der Waals surface area (Å²) < 4.78 is 0. The molecule has 1 rings (SSSR count). The van der Waals surface area contributed by atoms with Gasteiger partial charge < -0.3 is 16.8 Å². The van der Waals surface area contributed by atoms with Crippen LogP contribution in [0.3, 0.4) is 0 Å². The molecule has 6 heteroatoms. The fourth-order valence-electron chi connectivity index (χ4n) is 1.94. The van der Waals surface area contributed by atoms with Crippen LogP contribution in [0.4, 0.5) is 0 Å². The number of aliphatic imine (C=N–C) groups is 1. The zero-order valence-electron chi connectivity index (χ0n) is 10.5. The molecule has 1 fully saturated rings. The largest absolute Gasteiger partial charge is 0.370 e. The number of primary amides is 1. The Labute approximate surface area is 102 Å². The third kappa shape index (κ3) is 5.53. The van der Waals surface area contributed by atoms with E-state index in [1.54, 1.807) is 0 Å². The second kappa shape index (κ2) is 7.11. The number of nitrogens with one attached hydrogen (secondary N) is 1. The monoisotopic (exact) mass is 241 g/mol. The predicted molar refractivity (Wildman–Crippen MR) is 68.6 cm³/mol. The van der Waals surface area contributed by atoms with Gasteiger partial charge in [0.1, 0.15) is 0 Å². The Morgan fingerprint density at radius 1 is 1.41 bits per heavy atom. The second-order valence-electron chi connectivity index (χ2n) is 4.43. The maximum Gasteiger partial charge on any atom is 0.231 e. The number of hydrogen-bond donors (Lipinski definition) is 3. The van der Waals surface area contributed by atoms with E-state index >= 15 is 0 Å². The molecule has 0 unspecified atom stereocenters. The second-order valence-corrected chi connectivity index (χ2v) is 4.43. The summed E-state index contributed by atoms with van der Waals surface area (Å²) in [5, 5.41) is 3.21. The molecule has 98 valence electrons. The van der Waals surface area contributed by atoms with Crippen LogP contribution in [-0.2, 0) is 4.79 Å². The molecule has 0 spiro atoms. The number of piperidine rings is 1. The fourth-order valence-corrected chi connectivity index (χ4v) is 1.94. The normalized spacial score (nSPS) is 19.2. The summed E-state index contributed by atoms with van der Waals surface area (Å²) in [5.41, 5.74) is 10.9. The summed E-state index contributed by atoms with van der Waals surface area (Å²) in [6.45, 7) is 4.94. The van der Waals surface area contributed by atoms with Gasteiger partial charge >= 0.3 is 0 Å². The van der Waals surface area contributed by atoms with Gasteiger partial charge in [0.25, 0.3) is 0 Å². The van der Waals surface area contributed by atoms with Crippen LogP contribution >= 0.6 is 0 Å². The van der Waals surface area contributed by atoms with Crippen LogP contribution in [0.2, 0.25) is 0 Å². The minimum absolute atomic E-state index is 0.263. The summed E-state index contributed by atoms with van der Waals surface area (Å²) in [4.78, 5) is 17.0. The van der Waals surface area contributed by atoms with E-state index in [0.29, 0.717) is 18.5 Å². The topological polar surface area (TPSA) is 96.7 Å². The highest BCUT2D eigenvalue weighted by Gasteiger charge is 2.20. The van der Waals surface area contributed by atoms with Gasteiger partial charge in [-0.15, -0.1) is 0 Å². The van der Waals surface area contributed by atoms with Gasteiger partial charge in [-0.2, -0.15) is 0 Å². The molecule has 0 radical (unpaired) electrons. The molecule has 0 atom stereocenters. The number of carbonyl (C=O) groups is 1. The lowest BCUT2D eigenvalue weighted by molar-refractivity contribution is -0.119. The fraction of sp³-hybridized carbons (Fsp3) is 0.818. The van der Waals surface area contributed by atoms with Crippen LogP contribution in [0.1, 0.15) is 26.2 Å². The Morgan fingerprint density at radius 3 is 2.59 bits per heavy atom. The first kappa shape index (κ1) is 13.8. The van der Waals surface area contributed by atoms with E-state index in [2.05, 4.69) is 22.1 Å². The van der Waals surface area contributed by atoms with Gasteiger partial charge in [-0.3, -0.25) is 14.7 Å². The molecule has 0 aromatic carbocycles. The van der Waals surface area contributed by atoms with Crippen molar-refractivity contribution in [2.75, 3.05) is 26.2 Å². The van der Waals surface area contributed by atoms with E-state index in [9.17, 15) is 4.79 Å². The Bertz CT molecular complexity index is 271. The van der Waals surface area contributed by atoms with Gasteiger partial charge in [-0.05, 0) is 19.3 Å². The predicted octanol–water partition coefficient (Wildman–Crippen LogP) is -0.750. The average molecular weight is 241 g/mol. The number of amides is 1. The number of likely N-dealkylation sites (tertiary alicyclic amines) is 1. The van der Waals surface area contributed by atoms with Crippen molar-refractivity contribution in [2.45, 2.75) is 32.2 Å². The van der Waals surface area contributed by atoms with Gasteiger partial charge in [0.2, 0.25) is 5.91 Å². The molecule has 0 aliphatic carbocycles. The minimum Gasteiger partial charge on any atom is -0.370 e. The number of hydrogen-bond acceptors (Lipinski definition) is 3. The van der Waals surface area contributed by atoms with Crippen molar-refractivity contribution in [1.29, 1.82) is 0 Å². The average Bonchev–Trinajstić information content (AvgIpc) is 2.28. The molecule has 1 aliphatic heterocycles. The van der Waals surface area contributed by atoms with Crippen molar-refractivity contribution in [3.05, 3.63) is 0 Å².